The van der Waals surface area contributed by atoms with Crippen LogP contribution in [0.5, 0.6) is 0 Å². The van der Waals surface area contributed by atoms with Gasteiger partial charge in [-0.05, 0) is 62.5 Å². The van der Waals surface area contributed by atoms with E-state index in [1.165, 1.54) is 18.3 Å². The van der Waals surface area contributed by atoms with Gasteiger partial charge in [-0.15, -0.1) is 0 Å². The standard InChI is InChI=1S/C17H20FN3O2/c18-12-2-1-3-20-13(12)14(22)21-17-7-10-4-11(8-17)6-16(5-10,9-17)15(19)23/h1-3,10-11H,4-9H2,(H2,19,23)(H,21,22). The fourth-order valence-corrected chi connectivity index (χ4v) is 5.55. The maximum Gasteiger partial charge on any atom is 0.273 e. The van der Waals surface area contributed by atoms with Crippen molar-refractivity contribution in [2.45, 2.75) is 44.1 Å². The first-order chi connectivity index (χ1) is 10.9. The van der Waals surface area contributed by atoms with Crippen LogP contribution in [-0.2, 0) is 4.79 Å². The van der Waals surface area contributed by atoms with Crippen LogP contribution < -0.4 is 11.1 Å². The molecule has 0 saturated heterocycles. The Labute approximate surface area is 133 Å². The fourth-order valence-electron chi connectivity index (χ4n) is 5.55. The van der Waals surface area contributed by atoms with Crippen LogP contribution in [0.4, 0.5) is 4.39 Å². The number of pyridine rings is 1. The molecule has 5 nitrogen and oxygen atoms in total. The van der Waals surface area contributed by atoms with Crippen LogP contribution in [0, 0.1) is 23.1 Å². The Bertz CT molecular complexity index is 676. The van der Waals surface area contributed by atoms with Gasteiger partial charge in [-0.2, -0.15) is 0 Å². The summed E-state index contributed by atoms with van der Waals surface area (Å²) in [6, 6.07) is 2.69. The van der Waals surface area contributed by atoms with Crippen molar-refractivity contribution in [3.8, 4) is 0 Å². The van der Waals surface area contributed by atoms with Gasteiger partial charge in [-0.25, -0.2) is 9.37 Å². The molecular formula is C17H20FN3O2. The predicted molar refractivity (Wildman–Crippen MR) is 80.7 cm³/mol. The number of nitrogens with one attached hydrogen (secondary N) is 1. The van der Waals surface area contributed by atoms with Crippen molar-refractivity contribution in [1.29, 1.82) is 0 Å². The van der Waals surface area contributed by atoms with E-state index in [0.29, 0.717) is 18.3 Å². The molecule has 4 fully saturated rings. The normalized spacial score (nSPS) is 37.6. The van der Waals surface area contributed by atoms with Gasteiger partial charge >= 0.3 is 0 Å². The molecule has 3 N–H and O–H groups in total. The van der Waals surface area contributed by atoms with Gasteiger partial charge < -0.3 is 11.1 Å². The number of primary amides is 1. The second kappa shape index (κ2) is 4.76. The number of hydrogen-bond acceptors (Lipinski definition) is 3. The van der Waals surface area contributed by atoms with Crippen LogP contribution in [-0.4, -0.2) is 22.3 Å². The number of carbonyl (C=O) groups excluding carboxylic acids is 2. The van der Waals surface area contributed by atoms with E-state index in [9.17, 15) is 14.0 Å². The number of halogens is 1. The smallest absolute Gasteiger partial charge is 0.273 e. The molecule has 1 aromatic heterocycles. The van der Waals surface area contributed by atoms with Crippen molar-refractivity contribution >= 4 is 11.8 Å². The van der Waals surface area contributed by atoms with Gasteiger partial charge in [0.2, 0.25) is 5.91 Å². The third-order valence-corrected chi connectivity index (χ3v) is 5.94. The topological polar surface area (TPSA) is 85.1 Å². The molecule has 4 bridgehead atoms. The number of nitrogens with zero attached hydrogens (tertiary/aromatic N) is 1. The van der Waals surface area contributed by atoms with Crippen molar-refractivity contribution < 1.29 is 14.0 Å². The van der Waals surface area contributed by atoms with E-state index in [0.717, 1.165) is 32.1 Å². The fraction of sp³-hybridized carbons (Fsp3) is 0.588. The van der Waals surface area contributed by atoms with Crippen LogP contribution in [0.2, 0.25) is 0 Å². The molecule has 2 unspecified atom stereocenters. The first kappa shape index (κ1) is 14.6. The highest BCUT2D eigenvalue weighted by Crippen LogP contribution is 2.61. The van der Waals surface area contributed by atoms with E-state index < -0.39 is 22.7 Å². The SMILES string of the molecule is NC(=O)C12CC3CC(CC(NC(=O)c4ncccc4F)(C3)C1)C2. The number of nitrogens with two attached hydrogens (primary N) is 1. The average Bonchev–Trinajstić information content (AvgIpc) is 2.45. The Morgan fingerprint density at radius 2 is 1.96 bits per heavy atom. The lowest BCUT2D eigenvalue weighted by molar-refractivity contribution is -0.146. The molecule has 5 rings (SSSR count). The first-order valence-corrected chi connectivity index (χ1v) is 8.14. The van der Waals surface area contributed by atoms with E-state index in [1.807, 2.05) is 0 Å². The summed E-state index contributed by atoms with van der Waals surface area (Å²) in [6.45, 7) is 0. The second-order valence-corrected chi connectivity index (χ2v) is 7.67. The summed E-state index contributed by atoms with van der Waals surface area (Å²) in [6.07, 6.45) is 6.43. The van der Waals surface area contributed by atoms with Crippen molar-refractivity contribution in [1.82, 2.24) is 10.3 Å². The Hall–Kier alpha value is -1.98. The maximum atomic E-state index is 13.8. The molecule has 1 aromatic rings. The number of amides is 2. The van der Waals surface area contributed by atoms with E-state index in [2.05, 4.69) is 10.3 Å². The van der Waals surface area contributed by atoms with Gasteiger partial charge in [0, 0.05) is 11.7 Å². The average molecular weight is 317 g/mol. The molecule has 4 aliphatic rings. The Kier molecular flexibility index (Phi) is 3.02. The van der Waals surface area contributed by atoms with Crippen molar-refractivity contribution in [3.05, 3.63) is 29.8 Å². The van der Waals surface area contributed by atoms with Crippen LogP contribution in [0.15, 0.2) is 18.3 Å². The Morgan fingerprint density at radius 1 is 1.26 bits per heavy atom. The van der Waals surface area contributed by atoms with Gasteiger partial charge in [-0.1, -0.05) is 0 Å². The molecule has 2 amide bonds. The van der Waals surface area contributed by atoms with E-state index in [1.54, 1.807) is 0 Å². The van der Waals surface area contributed by atoms with Crippen molar-refractivity contribution in [2.75, 3.05) is 0 Å². The number of carbonyl (C=O) groups is 2. The van der Waals surface area contributed by atoms with Crippen LogP contribution in [0.25, 0.3) is 0 Å². The maximum absolute atomic E-state index is 13.8. The van der Waals surface area contributed by atoms with Crippen molar-refractivity contribution in [2.24, 2.45) is 23.0 Å². The van der Waals surface area contributed by atoms with E-state index in [4.69, 9.17) is 5.73 Å². The molecule has 122 valence electrons. The van der Waals surface area contributed by atoms with E-state index >= 15 is 0 Å². The molecule has 0 spiro atoms. The lowest BCUT2D eigenvalue weighted by atomic mass is 9.46. The first-order valence-electron chi connectivity index (χ1n) is 8.14. The Balaban J connectivity index is 1.63. The summed E-state index contributed by atoms with van der Waals surface area (Å²) in [4.78, 5) is 28.4. The zero-order valence-electron chi connectivity index (χ0n) is 12.8. The predicted octanol–water partition coefficient (Wildman–Crippen LogP) is 1.77. The third-order valence-electron chi connectivity index (χ3n) is 5.94. The summed E-state index contributed by atoms with van der Waals surface area (Å²) in [5.74, 6) is -0.548. The van der Waals surface area contributed by atoms with Gasteiger partial charge in [0.25, 0.3) is 5.91 Å². The molecule has 6 heteroatoms. The zero-order valence-corrected chi connectivity index (χ0v) is 12.8. The molecule has 1 heterocycles. The summed E-state index contributed by atoms with van der Waals surface area (Å²) >= 11 is 0. The monoisotopic (exact) mass is 317 g/mol. The second-order valence-electron chi connectivity index (χ2n) is 7.67. The summed E-state index contributed by atoms with van der Waals surface area (Å²) in [5, 5.41) is 3.01. The molecular weight excluding hydrogens is 297 g/mol. The van der Waals surface area contributed by atoms with Crippen LogP contribution >= 0.6 is 0 Å². The molecule has 4 saturated carbocycles. The van der Waals surface area contributed by atoms with Gasteiger partial charge in [0.15, 0.2) is 11.5 Å². The zero-order chi connectivity index (χ0) is 16.2. The highest BCUT2D eigenvalue weighted by Gasteiger charge is 2.60. The van der Waals surface area contributed by atoms with Crippen LogP contribution in [0.1, 0.15) is 49.0 Å². The summed E-state index contributed by atoms with van der Waals surface area (Å²) < 4.78 is 13.8. The molecule has 0 aromatic carbocycles. The minimum absolute atomic E-state index is 0.184. The minimum atomic E-state index is -0.626. The lowest BCUT2D eigenvalue weighted by Gasteiger charge is -2.61. The highest BCUT2D eigenvalue weighted by atomic mass is 19.1. The van der Waals surface area contributed by atoms with Gasteiger partial charge in [0.05, 0.1) is 5.41 Å². The summed E-state index contributed by atoms with van der Waals surface area (Å²) in [7, 11) is 0. The molecule has 4 aliphatic carbocycles. The largest absolute Gasteiger partial charge is 0.369 e. The van der Waals surface area contributed by atoms with Crippen molar-refractivity contribution in [3.63, 3.8) is 0 Å². The minimum Gasteiger partial charge on any atom is -0.369 e. The highest BCUT2D eigenvalue weighted by molar-refractivity contribution is 5.93. The summed E-state index contributed by atoms with van der Waals surface area (Å²) in [5.41, 5.74) is 4.56. The Morgan fingerprint density at radius 3 is 2.57 bits per heavy atom. The molecule has 23 heavy (non-hydrogen) atoms. The van der Waals surface area contributed by atoms with Crippen LogP contribution in [0.3, 0.4) is 0 Å². The van der Waals surface area contributed by atoms with Gasteiger partial charge in [-0.3, -0.25) is 9.59 Å². The molecule has 0 aliphatic heterocycles. The third kappa shape index (κ3) is 2.23. The number of rotatable bonds is 3. The molecule has 0 radical (unpaired) electrons. The molecule has 2 atom stereocenters. The lowest BCUT2D eigenvalue weighted by Crippen LogP contribution is -2.65. The number of hydrogen-bond donors (Lipinski definition) is 2. The van der Waals surface area contributed by atoms with Gasteiger partial charge in [0.1, 0.15) is 0 Å². The number of aromatic nitrogens is 1. The quantitative estimate of drug-likeness (QED) is 0.891. The van der Waals surface area contributed by atoms with E-state index in [-0.39, 0.29) is 11.6 Å².